The van der Waals surface area contributed by atoms with Crippen molar-refractivity contribution in [2.75, 3.05) is 4.72 Å². The van der Waals surface area contributed by atoms with Gasteiger partial charge in [-0.2, -0.15) is 18.4 Å². The van der Waals surface area contributed by atoms with Crippen LogP contribution in [-0.4, -0.2) is 8.76 Å². The molecule has 0 saturated carbocycles. The lowest BCUT2D eigenvalue weighted by Crippen LogP contribution is -2.06. The summed E-state index contributed by atoms with van der Waals surface area (Å²) in [6.07, 6.45) is -4.60. The summed E-state index contributed by atoms with van der Waals surface area (Å²) in [5, 5.41) is 9.01. The molecule has 2 aromatic carbocycles. The van der Waals surface area contributed by atoms with Crippen molar-refractivity contribution in [3.05, 3.63) is 53.3 Å². The fourth-order valence-corrected chi connectivity index (χ4v) is 2.27. The lowest BCUT2D eigenvalue weighted by Gasteiger charge is -2.12. The van der Waals surface area contributed by atoms with Crippen molar-refractivity contribution in [2.24, 2.45) is 0 Å². The van der Waals surface area contributed by atoms with Crippen molar-refractivity contribution in [3.8, 4) is 17.2 Å². The van der Waals surface area contributed by atoms with Crippen LogP contribution in [0.2, 0.25) is 0 Å². The number of hydrogen-bond acceptors (Lipinski definition) is 3. The van der Waals surface area contributed by atoms with Gasteiger partial charge in [-0.3, -0.25) is 4.21 Å². The molecule has 120 valence electrons. The smallest absolute Gasteiger partial charge is 0.416 e. The summed E-state index contributed by atoms with van der Waals surface area (Å²) in [5.74, 6) is -0.921. The zero-order chi connectivity index (χ0) is 17.2. The molecule has 1 N–H and O–H groups in total. The summed E-state index contributed by atoms with van der Waals surface area (Å²) >= 11 is -2.71. The zero-order valence-electron chi connectivity index (χ0n) is 11.1. The second-order valence-corrected chi connectivity index (χ2v) is 5.07. The molecule has 0 radical (unpaired) electrons. The van der Waals surface area contributed by atoms with Crippen molar-refractivity contribution in [2.45, 2.75) is 6.18 Å². The predicted octanol–water partition coefficient (Wildman–Crippen LogP) is 3.59. The monoisotopic (exact) mass is 343 g/mol. The minimum atomic E-state index is -4.60. The molecule has 0 heterocycles. The molecule has 0 aliphatic heterocycles. The van der Waals surface area contributed by atoms with Gasteiger partial charge in [-0.1, -0.05) is 12.1 Å². The molecule has 0 spiro atoms. The summed E-state index contributed by atoms with van der Waals surface area (Å²) in [6, 6.07) is 7.49. The quantitative estimate of drug-likeness (QED) is 0.683. The molecule has 4 nitrogen and oxygen atoms in total. The maximum Gasteiger partial charge on any atom is 0.416 e. The van der Waals surface area contributed by atoms with Gasteiger partial charge in [0.2, 0.25) is 0 Å². The van der Waals surface area contributed by atoms with Crippen molar-refractivity contribution >= 4 is 17.0 Å². The Bertz CT molecular complexity index is 815. The number of nitrogens with one attached hydrogen (secondary N) is 1. The van der Waals surface area contributed by atoms with E-state index in [1.165, 1.54) is 6.07 Å². The van der Waals surface area contributed by atoms with Crippen LogP contribution in [0.3, 0.4) is 0 Å². The molecule has 0 bridgehead atoms. The van der Waals surface area contributed by atoms with Crippen LogP contribution in [-0.2, 0) is 17.4 Å². The second-order valence-electron chi connectivity index (χ2n) is 4.40. The van der Waals surface area contributed by atoms with Gasteiger partial charge in [0.15, 0.2) is 0 Å². The topological polar surface area (TPSA) is 76.0 Å². The van der Waals surface area contributed by atoms with Crippen LogP contribution in [0.4, 0.5) is 23.2 Å². The van der Waals surface area contributed by atoms with Crippen molar-refractivity contribution < 1.29 is 26.3 Å². The minimum Gasteiger partial charge on any atom is -0.755 e. The molecule has 1 atom stereocenters. The van der Waals surface area contributed by atoms with E-state index in [1.807, 2.05) is 4.72 Å². The molecular formula is C14H7F4N2O2S-. The molecule has 0 amide bonds. The highest BCUT2D eigenvalue weighted by Gasteiger charge is 2.31. The SMILES string of the molecule is N#Cc1cc(C(F)(F)F)ccc1-c1ccc(NS(=O)[O-])c(F)c1. The summed E-state index contributed by atoms with van der Waals surface area (Å²) < 4.78 is 74.5. The second kappa shape index (κ2) is 6.36. The highest BCUT2D eigenvalue weighted by molar-refractivity contribution is 7.80. The number of alkyl halides is 3. The Hall–Kier alpha value is -2.44. The Labute approximate surface area is 130 Å². The Morgan fingerprint density at radius 1 is 1.17 bits per heavy atom. The third-order valence-electron chi connectivity index (χ3n) is 2.94. The molecule has 0 aromatic heterocycles. The molecule has 2 rings (SSSR count). The Morgan fingerprint density at radius 2 is 1.87 bits per heavy atom. The van der Waals surface area contributed by atoms with E-state index in [2.05, 4.69) is 0 Å². The third-order valence-corrected chi connectivity index (χ3v) is 3.33. The summed E-state index contributed by atoms with van der Waals surface area (Å²) in [5.41, 5.74) is -1.32. The van der Waals surface area contributed by atoms with Crippen LogP contribution in [0.5, 0.6) is 0 Å². The highest BCUT2D eigenvalue weighted by Crippen LogP contribution is 2.34. The maximum absolute atomic E-state index is 13.8. The van der Waals surface area contributed by atoms with Crippen LogP contribution < -0.4 is 4.72 Å². The number of halogens is 4. The first-order valence-corrected chi connectivity index (χ1v) is 7.07. The van der Waals surface area contributed by atoms with Crippen LogP contribution in [0, 0.1) is 17.1 Å². The average molecular weight is 343 g/mol. The normalized spacial score (nSPS) is 12.5. The highest BCUT2D eigenvalue weighted by atomic mass is 32.2. The van der Waals surface area contributed by atoms with E-state index in [4.69, 9.17) is 5.26 Å². The number of rotatable bonds is 3. The van der Waals surface area contributed by atoms with E-state index in [-0.39, 0.29) is 22.4 Å². The number of benzene rings is 2. The standard InChI is InChI=1S/C14H8F4N2O2S/c15-12-6-8(1-4-13(12)20-23(21)22)11-3-2-10(14(16,17)18)5-9(11)7-19/h1-6,20H,(H,21,22)/p-1. The first kappa shape index (κ1) is 16.9. The van der Waals surface area contributed by atoms with Crippen molar-refractivity contribution in [3.63, 3.8) is 0 Å². The van der Waals surface area contributed by atoms with Gasteiger partial charge in [-0.25, -0.2) is 4.39 Å². The molecule has 23 heavy (non-hydrogen) atoms. The number of anilines is 1. The van der Waals surface area contributed by atoms with Crippen LogP contribution in [0.25, 0.3) is 11.1 Å². The molecule has 9 heteroatoms. The van der Waals surface area contributed by atoms with Gasteiger partial charge in [-0.05, 0) is 35.4 Å². The molecule has 1 unspecified atom stereocenters. The van der Waals surface area contributed by atoms with Crippen molar-refractivity contribution in [1.82, 2.24) is 0 Å². The lowest BCUT2D eigenvalue weighted by atomic mass is 9.97. The largest absolute Gasteiger partial charge is 0.755 e. The van der Waals surface area contributed by atoms with Crippen LogP contribution >= 0.6 is 0 Å². The summed E-state index contributed by atoms with van der Waals surface area (Å²) in [4.78, 5) is 0. The van der Waals surface area contributed by atoms with E-state index in [1.54, 1.807) is 6.07 Å². The van der Waals surface area contributed by atoms with Gasteiger partial charge in [-0.15, -0.1) is 0 Å². The molecule has 0 fully saturated rings. The van der Waals surface area contributed by atoms with Crippen LogP contribution in [0.1, 0.15) is 11.1 Å². The molecule has 0 saturated heterocycles. The average Bonchev–Trinajstić information content (AvgIpc) is 2.47. The Balaban J connectivity index is 2.49. The first-order valence-electron chi connectivity index (χ1n) is 5.99. The first-order chi connectivity index (χ1) is 10.7. The summed E-state index contributed by atoms with van der Waals surface area (Å²) in [6.45, 7) is 0. The predicted molar refractivity (Wildman–Crippen MR) is 74.1 cm³/mol. The minimum absolute atomic E-state index is 0.106. The fraction of sp³-hybridized carbons (Fsp3) is 0.0714. The number of hydrogen-bond donors (Lipinski definition) is 1. The van der Waals surface area contributed by atoms with Gasteiger partial charge in [0, 0.05) is 11.3 Å². The fourth-order valence-electron chi connectivity index (χ4n) is 1.92. The van der Waals surface area contributed by atoms with Gasteiger partial charge in [0.25, 0.3) is 0 Å². The van der Waals surface area contributed by atoms with E-state index in [9.17, 15) is 26.3 Å². The van der Waals surface area contributed by atoms with Crippen LogP contribution in [0.15, 0.2) is 36.4 Å². The molecular weight excluding hydrogens is 336 g/mol. The third kappa shape index (κ3) is 3.85. The van der Waals surface area contributed by atoms with Crippen molar-refractivity contribution in [1.29, 1.82) is 5.26 Å². The Kier molecular flexibility index (Phi) is 4.68. The summed E-state index contributed by atoms with van der Waals surface area (Å²) in [7, 11) is 0. The molecule has 0 aliphatic rings. The maximum atomic E-state index is 13.8. The molecule has 2 aromatic rings. The van der Waals surface area contributed by atoms with Gasteiger partial charge in [0.05, 0.1) is 22.9 Å². The van der Waals surface area contributed by atoms with Gasteiger partial charge >= 0.3 is 6.18 Å². The van der Waals surface area contributed by atoms with Gasteiger partial charge < -0.3 is 9.27 Å². The van der Waals surface area contributed by atoms with E-state index in [0.29, 0.717) is 6.07 Å². The number of nitriles is 1. The van der Waals surface area contributed by atoms with E-state index >= 15 is 0 Å². The lowest BCUT2D eigenvalue weighted by molar-refractivity contribution is -0.137. The number of nitrogens with zero attached hydrogens (tertiary/aromatic N) is 1. The Morgan fingerprint density at radius 3 is 2.39 bits per heavy atom. The molecule has 0 aliphatic carbocycles. The zero-order valence-corrected chi connectivity index (χ0v) is 12.0. The van der Waals surface area contributed by atoms with E-state index < -0.39 is 28.8 Å². The van der Waals surface area contributed by atoms with Gasteiger partial charge in [0.1, 0.15) is 5.82 Å². The van der Waals surface area contributed by atoms with E-state index in [0.717, 1.165) is 24.3 Å².